The molecule has 124 valence electrons. The summed E-state index contributed by atoms with van der Waals surface area (Å²) in [6.45, 7) is 3.27. The molecule has 7 nitrogen and oxygen atoms in total. The first-order valence-electron chi connectivity index (χ1n) is 7.41. The second-order valence-electron chi connectivity index (χ2n) is 5.61. The number of rotatable bonds is 4. The van der Waals surface area contributed by atoms with Crippen molar-refractivity contribution in [2.24, 2.45) is 0 Å². The molecule has 7 heteroatoms. The Morgan fingerprint density at radius 2 is 1.88 bits per heavy atom. The second-order valence-corrected chi connectivity index (χ2v) is 5.61. The first-order valence-corrected chi connectivity index (χ1v) is 7.41. The number of carbonyl (C=O) groups is 2. The Labute approximate surface area is 137 Å². The van der Waals surface area contributed by atoms with E-state index in [1.807, 2.05) is 0 Å². The maximum absolute atomic E-state index is 12.2. The van der Waals surface area contributed by atoms with Gasteiger partial charge in [0.15, 0.2) is 0 Å². The number of nitrogens with zero attached hydrogens (tertiary/aromatic N) is 1. The third-order valence-electron chi connectivity index (χ3n) is 3.90. The molecule has 1 aliphatic heterocycles. The molecule has 1 aromatic carbocycles. The van der Waals surface area contributed by atoms with Gasteiger partial charge in [-0.3, -0.25) is 14.5 Å². The molecule has 2 aromatic rings. The zero-order valence-corrected chi connectivity index (χ0v) is 13.3. The minimum Gasteiger partial charge on any atom is -0.423 e. The Balaban J connectivity index is 1.98. The van der Waals surface area contributed by atoms with Gasteiger partial charge in [-0.2, -0.15) is 0 Å². The van der Waals surface area contributed by atoms with E-state index < -0.39 is 17.4 Å². The summed E-state index contributed by atoms with van der Waals surface area (Å²) in [7, 11) is 0. The maximum Gasteiger partial charge on any atom is 0.336 e. The van der Waals surface area contributed by atoms with Gasteiger partial charge in [-0.1, -0.05) is 0 Å². The maximum atomic E-state index is 12.2. The number of aryl methyl sites for hydroxylation is 2. The van der Waals surface area contributed by atoms with Crippen LogP contribution in [0.25, 0.3) is 11.0 Å². The van der Waals surface area contributed by atoms with Crippen LogP contribution in [-0.4, -0.2) is 35.0 Å². The molecule has 3 rings (SSSR count). The molecule has 1 aromatic heterocycles. The highest BCUT2D eigenvalue weighted by Gasteiger charge is 2.30. The van der Waals surface area contributed by atoms with Crippen LogP contribution in [0, 0.1) is 13.8 Å². The van der Waals surface area contributed by atoms with Gasteiger partial charge in [0.25, 0.3) is 11.8 Å². The van der Waals surface area contributed by atoms with Crippen LogP contribution in [0.2, 0.25) is 0 Å². The molecule has 24 heavy (non-hydrogen) atoms. The van der Waals surface area contributed by atoms with Gasteiger partial charge in [0, 0.05) is 23.2 Å². The van der Waals surface area contributed by atoms with Gasteiger partial charge in [-0.25, -0.2) is 4.79 Å². The lowest BCUT2D eigenvalue weighted by molar-refractivity contribution is -0.137. The summed E-state index contributed by atoms with van der Waals surface area (Å²) in [6.07, 6.45) is 1.21. The molecule has 0 unspecified atom stereocenters. The molecule has 1 aliphatic rings. The number of imide groups is 1. The lowest BCUT2D eigenvalue weighted by Gasteiger charge is -2.15. The highest BCUT2D eigenvalue weighted by atomic mass is 16.4. The number of nitrogens with one attached hydrogen (secondary N) is 1. The summed E-state index contributed by atoms with van der Waals surface area (Å²) in [5.41, 5.74) is 2.35. The van der Waals surface area contributed by atoms with Crippen molar-refractivity contribution >= 4 is 28.5 Å². The highest BCUT2D eigenvalue weighted by molar-refractivity contribution is 6.17. The van der Waals surface area contributed by atoms with E-state index in [0.717, 1.165) is 21.4 Å². The van der Waals surface area contributed by atoms with Crippen LogP contribution in [-0.2, 0) is 9.59 Å². The average molecular weight is 328 g/mol. The predicted molar refractivity (Wildman–Crippen MR) is 87.5 cm³/mol. The van der Waals surface area contributed by atoms with Gasteiger partial charge < -0.3 is 14.8 Å². The van der Waals surface area contributed by atoms with Crippen LogP contribution >= 0.6 is 0 Å². The van der Waals surface area contributed by atoms with Crippen molar-refractivity contribution in [3.63, 3.8) is 0 Å². The molecule has 0 fully saturated rings. The fourth-order valence-electron chi connectivity index (χ4n) is 2.66. The van der Waals surface area contributed by atoms with Crippen LogP contribution in [0.5, 0.6) is 0 Å². The van der Waals surface area contributed by atoms with Crippen LogP contribution < -0.4 is 10.9 Å². The Morgan fingerprint density at radius 1 is 1.12 bits per heavy atom. The van der Waals surface area contributed by atoms with Crippen LogP contribution in [0.1, 0.15) is 11.1 Å². The number of fused-ring (bicyclic) bond motifs is 1. The minimum atomic E-state index is -0.482. The van der Waals surface area contributed by atoms with Crippen LogP contribution in [0.15, 0.2) is 39.2 Å². The third kappa shape index (κ3) is 2.69. The van der Waals surface area contributed by atoms with Crippen molar-refractivity contribution in [2.75, 3.05) is 18.5 Å². The monoisotopic (exact) mass is 328 g/mol. The second kappa shape index (κ2) is 5.93. The first kappa shape index (κ1) is 15.9. The van der Waals surface area contributed by atoms with Crippen molar-refractivity contribution in [1.29, 1.82) is 0 Å². The van der Waals surface area contributed by atoms with Crippen molar-refractivity contribution in [3.8, 4) is 0 Å². The lowest BCUT2D eigenvalue weighted by Crippen LogP contribution is -2.34. The summed E-state index contributed by atoms with van der Waals surface area (Å²) in [5.74, 6) is -0.943. The Hall–Kier alpha value is -2.93. The van der Waals surface area contributed by atoms with E-state index in [2.05, 4.69) is 5.32 Å². The van der Waals surface area contributed by atoms with Crippen molar-refractivity contribution in [2.45, 2.75) is 13.8 Å². The number of carbonyl (C=O) groups excluding carboxylic acids is 2. The number of aliphatic hydroxyl groups excluding tert-OH is 1. The Kier molecular flexibility index (Phi) is 3.94. The van der Waals surface area contributed by atoms with Gasteiger partial charge in [-0.15, -0.1) is 0 Å². The van der Waals surface area contributed by atoms with Gasteiger partial charge in [0.2, 0.25) is 0 Å². The molecule has 0 spiro atoms. The average Bonchev–Trinajstić information content (AvgIpc) is 2.76. The van der Waals surface area contributed by atoms with Crippen LogP contribution in [0.3, 0.4) is 0 Å². The van der Waals surface area contributed by atoms with E-state index in [0.29, 0.717) is 11.3 Å². The number of aliphatic hydroxyl groups is 1. The minimum absolute atomic E-state index is 0.0414. The number of benzene rings is 1. The predicted octanol–water partition coefficient (Wildman–Crippen LogP) is 1.07. The van der Waals surface area contributed by atoms with E-state index in [1.165, 1.54) is 12.1 Å². The van der Waals surface area contributed by atoms with Crippen LogP contribution in [0.4, 0.5) is 5.69 Å². The standard InChI is InChI=1S/C17H16N2O5/c1-9-6-16(22)24-14-5-10(2)12(7-11(9)14)18-13-8-15(21)19(3-4-20)17(13)23/h5-8,18,20H,3-4H2,1-2H3. The van der Waals surface area contributed by atoms with E-state index >= 15 is 0 Å². The number of β-amino-alcohol motifs (C(OH)–C–C–N with tert-alkyl or cyclic N) is 1. The quantitative estimate of drug-likeness (QED) is 0.643. The van der Waals surface area contributed by atoms with Crippen molar-refractivity contribution in [3.05, 3.63) is 51.5 Å². The smallest absolute Gasteiger partial charge is 0.336 e. The molecule has 2 N–H and O–H groups in total. The zero-order valence-electron chi connectivity index (χ0n) is 13.3. The fourth-order valence-corrected chi connectivity index (χ4v) is 2.66. The molecule has 0 bridgehead atoms. The zero-order chi connectivity index (χ0) is 17.4. The van der Waals surface area contributed by atoms with Gasteiger partial charge in [-0.05, 0) is 37.1 Å². The van der Waals surface area contributed by atoms with E-state index in [1.54, 1.807) is 26.0 Å². The summed E-state index contributed by atoms with van der Waals surface area (Å²) < 4.78 is 5.18. The number of amides is 2. The van der Waals surface area contributed by atoms with E-state index in [9.17, 15) is 14.4 Å². The van der Waals surface area contributed by atoms with Gasteiger partial charge >= 0.3 is 5.63 Å². The summed E-state index contributed by atoms with van der Waals surface area (Å²) in [6, 6.07) is 4.88. The lowest BCUT2D eigenvalue weighted by atomic mass is 10.1. The normalized spacial score (nSPS) is 14.5. The van der Waals surface area contributed by atoms with E-state index in [4.69, 9.17) is 9.52 Å². The Bertz CT molecular complexity index is 942. The molecule has 0 saturated carbocycles. The fraction of sp³-hybridized carbons (Fsp3) is 0.235. The summed E-state index contributed by atoms with van der Waals surface area (Å²) >= 11 is 0. The molecule has 0 aliphatic carbocycles. The number of hydrogen-bond acceptors (Lipinski definition) is 6. The molecular weight excluding hydrogens is 312 g/mol. The SMILES string of the molecule is Cc1cc2oc(=O)cc(C)c2cc1NC1=CC(=O)N(CCO)C1=O. The Morgan fingerprint density at radius 3 is 2.58 bits per heavy atom. The summed E-state index contributed by atoms with van der Waals surface area (Å²) in [4.78, 5) is 36.4. The number of anilines is 1. The van der Waals surface area contributed by atoms with Crippen molar-refractivity contribution < 1.29 is 19.1 Å². The summed E-state index contributed by atoms with van der Waals surface area (Å²) in [5, 5.41) is 12.6. The first-order chi connectivity index (χ1) is 11.4. The highest BCUT2D eigenvalue weighted by Crippen LogP contribution is 2.27. The van der Waals surface area contributed by atoms with Gasteiger partial charge in [0.05, 0.1) is 13.2 Å². The molecule has 0 saturated heterocycles. The molecule has 2 heterocycles. The molecule has 2 amide bonds. The molecular formula is C17H16N2O5. The topological polar surface area (TPSA) is 99.8 Å². The van der Waals surface area contributed by atoms with Gasteiger partial charge in [0.1, 0.15) is 11.3 Å². The van der Waals surface area contributed by atoms with E-state index in [-0.39, 0.29) is 18.8 Å². The largest absolute Gasteiger partial charge is 0.423 e. The number of hydrogen-bond donors (Lipinski definition) is 2. The van der Waals surface area contributed by atoms with Crippen molar-refractivity contribution in [1.82, 2.24) is 4.90 Å². The molecule has 0 radical (unpaired) electrons. The third-order valence-corrected chi connectivity index (χ3v) is 3.90. The molecule has 0 atom stereocenters.